The summed E-state index contributed by atoms with van der Waals surface area (Å²) in [5, 5.41) is 9.90. The van der Waals surface area contributed by atoms with Gasteiger partial charge in [-0.15, -0.1) is 17.8 Å². The first-order valence-corrected chi connectivity index (χ1v) is 13.9. The maximum absolute atomic E-state index is 13.9. The fourth-order valence-electron chi connectivity index (χ4n) is 5.13. The number of hydrogen-bond donors (Lipinski definition) is 1. The highest BCUT2D eigenvalue weighted by atomic mass is 32.1. The van der Waals surface area contributed by atoms with E-state index in [-0.39, 0.29) is 30.6 Å². The van der Waals surface area contributed by atoms with E-state index in [9.17, 15) is 23.1 Å². The van der Waals surface area contributed by atoms with Gasteiger partial charge in [0.2, 0.25) is 5.96 Å². The van der Waals surface area contributed by atoms with Crippen molar-refractivity contribution in [3.63, 3.8) is 0 Å². The molecule has 9 nitrogen and oxygen atoms in total. The number of carbonyl (C=O) groups is 1. The zero-order valence-electron chi connectivity index (χ0n) is 23.7. The van der Waals surface area contributed by atoms with E-state index in [1.807, 2.05) is 29.7 Å². The van der Waals surface area contributed by atoms with Crippen LogP contribution in [-0.2, 0) is 15.7 Å². The van der Waals surface area contributed by atoms with Crippen LogP contribution in [-0.4, -0.2) is 79.7 Å². The molecule has 3 heterocycles. The van der Waals surface area contributed by atoms with Crippen molar-refractivity contribution >= 4 is 40.9 Å². The van der Waals surface area contributed by atoms with E-state index >= 15 is 0 Å². The maximum atomic E-state index is 13.9. The van der Waals surface area contributed by atoms with Crippen LogP contribution < -0.4 is 9.64 Å². The third-order valence-electron chi connectivity index (χ3n) is 6.96. The number of nitrogens with zero attached hydrogens (tertiary/aromatic N) is 5. The number of thiophene rings is 1. The van der Waals surface area contributed by atoms with Crippen molar-refractivity contribution in [3.8, 4) is 18.1 Å². The normalized spacial score (nSPS) is 19.5. The van der Waals surface area contributed by atoms with Crippen molar-refractivity contribution in [2.24, 2.45) is 9.98 Å². The molecule has 1 N–H and O–H groups in total. The molecular weight excluding hydrogens is 571 g/mol. The number of rotatable bonds is 8. The van der Waals surface area contributed by atoms with Gasteiger partial charge in [-0.3, -0.25) is 14.7 Å². The lowest BCUT2D eigenvalue weighted by Gasteiger charge is -2.47. The van der Waals surface area contributed by atoms with E-state index < -0.39 is 23.8 Å². The van der Waals surface area contributed by atoms with Crippen molar-refractivity contribution in [3.05, 3.63) is 51.4 Å². The van der Waals surface area contributed by atoms with Crippen LogP contribution in [0, 0.1) is 19.3 Å². The predicted octanol–water partition coefficient (Wildman–Crippen LogP) is 5.31. The van der Waals surface area contributed by atoms with Crippen LogP contribution in [0.15, 0.2) is 46.0 Å². The van der Waals surface area contributed by atoms with Crippen molar-refractivity contribution in [2.45, 2.75) is 38.5 Å². The number of halogens is 3. The molecule has 2 atom stereocenters. The Morgan fingerprint density at radius 1 is 1.31 bits per heavy atom. The van der Waals surface area contributed by atoms with Gasteiger partial charge in [0.1, 0.15) is 12.5 Å². The summed E-state index contributed by atoms with van der Waals surface area (Å²) >= 11 is 1.38. The van der Waals surface area contributed by atoms with Crippen molar-refractivity contribution in [2.75, 3.05) is 45.5 Å². The maximum Gasteiger partial charge on any atom is 0.416 e. The summed E-state index contributed by atoms with van der Waals surface area (Å²) in [6, 6.07) is 4.13. The Kier molecular flexibility index (Phi) is 9.48. The van der Waals surface area contributed by atoms with Crippen LogP contribution in [0.25, 0.3) is 0 Å². The lowest BCUT2D eigenvalue weighted by atomic mass is 10.0. The highest BCUT2D eigenvalue weighted by molar-refractivity contribution is 7.12. The Morgan fingerprint density at radius 3 is 2.69 bits per heavy atom. The summed E-state index contributed by atoms with van der Waals surface area (Å²) in [5.41, 5.74) is 0.442. The molecule has 1 saturated heterocycles. The second-order valence-electron chi connectivity index (χ2n) is 9.82. The number of methoxy groups -OCH3 is 2. The molecule has 42 heavy (non-hydrogen) atoms. The standard InChI is InChI=1S/C29H32F3N5O4S/c1-6-21(9-10-33-17-40-4)36-12-11-35(16-18(36)2)28-34-22-13-19(3)42-27(22)24(15-26(38)39)37(28)23-14-20(29(30,31)32)7-8-25(23)41-5/h1,7-10,13-14,18,24H,11-12,15-17H2,2-5H3,(H,38,39)/b21-9+,33-10-/t18-,24+/m1/s1. The summed E-state index contributed by atoms with van der Waals surface area (Å²) in [6.07, 6.45) is 4.14. The van der Waals surface area contributed by atoms with Crippen molar-refractivity contribution < 1.29 is 32.5 Å². The molecule has 0 saturated carbocycles. The molecule has 0 bridgehead atoms. The highest BCUT2D eigenvalue weighted by Crippen LogP contribution is 2.48. The lowest BCUT2D eigenvalue weighted by Crippen LogP contribution is -2.57. The van der Waals surface area contributed by atoms with Crippen LogP contribution in [0.3, 0.4) is 0 Å². The van der Waals surface area contributed by atoms with E-state index in [1.54, 1.807) is 17.2 Å². The fraction of sp³-hybridized carbons (Fsp3) is 0.414. The van der Waals surface area contributed by atoms with Crippen LogP contribution in [0.1, 0.15) is 34.7 Å². The number of guanidine groups is 1. The number of benzene rings is 1. The first kappa shape index (κ1) is 30.9. The van der Waals surface area contributed by atoms with Gasteiger partial charge >= 0.3 is 12.1 Å². The van der Waals surface area contributed by atoms with Gasteiger partial charge in [-0.1, -0.05) is 5.92 Å². The Hall–Kier alpha value is -4.02. The summed E-state index contributed by atoms with van der Waals surface area (Å²) < 4.78 is 52.0. The lowest BCUT2D eigenvalue weighted by molar-refractivity contribution is -0.138. The fourth-order valence-corrected chi connectivity index (χ4v) is 6.18. The second-order valence-corrected chi connectivity index (χ2v) is 11.1. The summed E-state index contributed by atoms with van der Waals surface area (Å²) in [4.78, 5) is 28.3. The number of fused-ring (bicyclic) bond motifs is 1. The van der Waals surface area contributed by atoms with Gasteiger partial charge < -0.3 is 24.4 Å². The van der Waals surface area contributed by atoms with Gasteiger partial charge in [-0.2, -0.15) is 13.2 Å². The predicted molar refractivity (Wildman–Crippen MR) is 157 cm³/mol. The number of carboxylic acids is 1. The highest BCUT2D eigenvalue weighted by Gasteiger charge is 2.41. The summed E-state index contributed by atoms with van der Waals surface area (Å²) in [7, 11) is 2.91. The Balaban J connectivity index is 1.80. The molecule has 1 aromatic heterocycles. The first-order chi connectivity index (χ1) is 20.0. The van der Waals surface area contributed by atoms with E-state index in [4.69, 9.17) is 20.9 Å². The molecule has 1 aromatic carbocycles. The summed E-state index contributed by atoms with van der Waals surface area (Å²) in [6.45, 7) is 5.40. The monoisotopic (exact) mass is 603 g/mol. The number of piperazine rings is 1. The smallest absolute Gasteiger partial charge is 0.416 e. The van der Waals surface area contributed by atoms with Crippen LogP contribution in [0.5, 0.6) is 5.75 Å². The molecule has 4 rings (SSSR count). The van der Waals surface area contributed by atoms with E-state index in [0.29, 0.717) is 41.9 Å². The first-order valence-electron chi connectivity index (χ1n) is 13.1. The van der Waals surface area contributed by atoms with Crippen LogP contribution in [0.2, 0.25) is 0 Å². The molecule has 0 aliphatic carbocycles. The molecule has 2 aromatic rings. The number of ether oxygens (including phenoxy) is 2. The topological polar surface area (TPSA) is 90.2 Å². The van der Waals surface area contributed by atoms with E-state index in [0.717, 1.165) is 17.0 Å². The van der Waals surface area contributed by atoms with E-state index in [2.05, 4.69) is 10.9 Å². The van der Waals surface area contributed by atoms with Gasteiger partial charge in [0.15, 0.2) is 0 Å². The Morgan fingerprint density at radius 2 is 2.07 bits per heavy atom. The number of anilines is 1. The summed E-state index contributed by atoms with van der Waals surface area (Å²) in [5.74, 6) is 2.12. The minimum Gasteiger partial charge on any atom is -0.495 e. The third kappa shape index (κ3) is 6.55. The van der Waals surface area contributed by atoms with Crippen molar-refractivity contribution in [1.82, 2.24) is 9.80 Å². The van der Waals surface area contributed by atoms with Gasteiger partial charge in [-0.25, -0.2) is 4.99 Å². The van der Waals surface area contributed by atoms with Crippen molar-refractivity contribution in [1.29, 1.82) is 0 Å². The molecule has 0 unspecified atom stereocenters. The number of aliphatic imine (C=N–C) groups is 2. The number of hydrogen-bond acceptors (Lipinski definition) is 9. The number of alkyl halides is 3. The average molecular weight is 604 g/mol. The largest absolute Gasteiger partial charge is 0.495 e. The minimum absolute atomic E-state index is 0.0858. The van der Waals surface area contributed by atoms with Gasteiger partial charge in [0.05, 0.1) is 47.1 Å². The average Bonchev–Trinajstić information content (AvgIpc) is 3.32. The number of carboxylic acid groups (broad SMARTS) is 1. The quantitative estimate of drug-likeness (QED) is 0.323. The van der Waals surface area contributed by atoms with Gasteiger partial charge in [-0.05, 0) is 44.2 Å². The molecule has 224 valence electrons. The Labute approximate surface area is 246 Å². The number of allylic oxidation sites excluding steroid dienone is 2. The van der Waals surface area contributed by atoms with Gasteiger partial charge in [0, 0.05) is 43.9 Å². The Bertz CT molecular complexity index is 1450. The van der Waals surface area contributed by atoms with Gasteiger partial charge in [0.25, 0.3) is 0 Å². The molecular formula is C29H32F3N5O4S. The minimum atomic E-state index is -4.62. The van der Waals surface area contributed by atoms with E-state index in [1.165, 1.54) is 31.6 Å². The number of aliphatic carboxylic acids is 1. The molecule has 0 amide bonds. The SMILES string of the molecule is C#C/C(=C\C=N/COC)N1CCN(C2=Nc3cc(C)sc3[C@H](CC(=O)O)N2c2cc(C(F)(F)F)ccc2OC)C[C@H]1C. The third-order valence-corrected chi connectivity index (χ3v) is 8.10. The molecule has 2 aliphatic heterocycles. The molecule has 0 radical (unpaired) electrons. The number of terminal acetylenes is 1. The zero-order chi connectivity index (χ0) is 30.6. The van der Waals surface area contributed by atoms with Crippen LogP contribution in [0.4, 0.5) is 24.5 Å². The number of aryl methyl sites for hydroxylation is 1. The molecule has 13 heteroatoms. The molecule has 0 spiro atoms. The molecule has 2 aliphatic rings. The zero-order valence-corrected chi connectivity index (χ0v) is 24.5. The molecule has 1 fully saturated rings. The van der Waals surface area contributed by atoms with Crippen LogP contribution >= 0.6 is 11.3 Å². The second kappa shape index (κ2) is 12.9.